The van der Waals surface area contributed by atoms with Crippen molar-refractivity contribution < 1.29 is 19.4 Å². The zero-order valence-electron chi connectivity index (χ0n) is 21.1. The van der Waals surface area contributed by atoms with Crippen LogP contribution in [0.4, 0.5) is 10.2 Å². The number of hydrogen-bond donors (Lipinski definition) is 3. The monoisotopic (exact) mass is 523 g/mol. The first-order valence-corrected chi connectivity index (χ1v) is 13.1. The Bertz CT molecular complexity index is 1680. The van der Waals surface area contributed by atoms with Gasteiger partial charge in [-0.2, -0.15) is 0 Å². The molecule has 2 aromatic heterocycles. The number of ketones is 1. The lowest BCUT2D eigenvalue weighted by Crippen LogP contribution is -2.36. The van der Waals surface area contributed by atoms with Crippen LogP contribution in [0.5, 0.6) is 0 Å². The standard InChI is InChI=1S/C30H26FN5O3/c1-16(37)30-14-21(30)25(26(38)27(30)39)36-15-32-24-28(33-22-13-20(22)18-7-3-2-4-8-18)34-23(35-29(24)36)11-10-17-6-5-9-19(31)12-17/h2-9,12,15,20-22,25-27,38-39H,13-14H2,1H3,(H,33,34,35)/t20?,21?,22-,25-,26+,27?,30+/m1/s1. The van der Waals surface area contributed by atoms with E-state index in [2.05, 4.69) is 44.2 Å². The Labute approximate surface area is 223 Å². The Hall–Kier alpha value is -4.13. The molecule has 0 radical (unpaired) electrons. The lowest BCUT2D eigenvalue weighted by Gasteiger charge is -2.23. The average Bonchev–Trinajstić information content (AvgIpc) is 3.81. The summed E-state index contributed by atoms with van der Waals surface area (Å²) in [5, 5.41) is 25.2. The van der Waals surface area contributed by atoms with Crippen LogP contribution < -0.4 is 5.32 Å². The van der Waals surface area contributed by atoms with Crippen molar-refractivity contribution in [2.24, 2.45) is 11.3 Å². The number of carbonyl (C=O) groups is 1. The molecule has 3 aliphatic rings. The first-order chi connectivity index (χ1) is 18.9. The van der Waals surface area contributed by atoms with Crippen LogP contribution in [0.2, 0.25) is 0 Å². The molecule has 196 valence electrons. The summed E-state index contributed by atoms with van der Waals surface area (Å²) in [5.74, 6) is 6.24. The molecule has 0 aliphatic heterocycles. The van der Waals surface area contributed by atoms with Crippen molar-refractivity contribution in [3.63, 3.8) is 0 Å². The van der Waals surface area contributed by atoms with Gasteiger partial charge in [-0.3, -0.25) is 4.79 Å². The Kier molecular flexibility index (Phi) is 5.34. The summed E-state index contributed by atoms with van der Waals surface area (Å²) in [6.45, 7) is 1.47. The fourth-order valence-corrected chi connectivity index (χ4v) is 6.36. The van der Waals surface area contributed by atoms with Gasteiger partial charge in [0.25, 0.3) is 0 Å². The van der Waals surface area contributed by atoms with Crippen LogP contribution in [0.15, 0.2) is 60.9 Å². The summed E-state index contributed by atoms with van der Waals surface area (Å²) in [5.41, 5.74) is 1.79. The number of nitrogens with one attached hydrogen (secondary N) is 1. The quantitative estimate of drug-likeness (QED) is 0.344. The lowest BCUT2D eigenvalue weighted by atomic mass is 9.95. The number of aliphatic hydroxyl groups excluding tert-OH is 2. The highest BCUT2D eigenvalue weighted by Crippen LogP contribution is 2.68. The van der Waals surface area contributed by atoms with Gasteiger partial charge >= 0.3 is 0 Å². The summed E-state index contributed by atoms with van der Waals surface area (Å²) in [7, 11) is 0. The number of carbonyl (C=O) groups excluding carboxylic acids is 1. The van der Waals surface area contributed by atoms with Crippen molar-refractivity contribution in [2.45, 2.75) is 50.0 Å². The van der Waals surface area contributed by atoms with Crippen molar-refractivity contribution in [3.05, 3.63) is 83.7 Å². The van der Waals surface area contributed by atoms with E-state index in [0.29, 0.717) is 34.9 Å². The van der Waals surface area contributed by atoms with Crippen molar-refractivity contribution in [3.8, 4) is 11.8 Å². The average molecular weight is 524 g/mol. The molecule has 39 heavy (non-hydrogen) atoms. The third-order valence-electron chi connectivity index (χ3n) is 8.55. The molecule has 3 unspecified atom stereocenters. The second-order valence-corrected chi connectivity index (χ2v) is 10.8. The smallest absolute Gasteiger partial charge is 0.209 e. The number of halogens is 1. The predicted molar refractivity (Wildman–Crippen MR) is 141 cm³/mol. The highest BCUT2D eigenvalue weighted by molar-refractivity contribution is 5.88. The van der Waals surface area contributed by atoms with E-state index in [1.54, 1.807) is 23.0 Å². The number of aromatic nitrogens is 4. The molecular weight excluding hydrogens is 497 g/mol. The first kappa shape index (κ1) is 23.9. The number of aliphatic hydroxyl groups is 2. The molecule has 4 aromatic rings. The second kappa shape index (κ2) is 8.70. The minimum absolute atomic E-state index is 0.120. The summed E-state index contributed by atoms with van der Waals surface area (Å²) in [6, 6.07) is 15.8. The van der Waals surface area contributed by atoms with Crippen molar-refractivity contribution >= 4 is 22.8 Å². The van der Waals surface area contributed by atoms with Crippen molar-refractivity contribution in [2.75, 3.05) is 5.32 Å². The number of fused-ring (bicyclic) bond motifs is 2. The molecule has 2 heterocycles. The van der Waals surface area contributed by atoms with Gasteiger partial charge in [0.2, 0.25) is 5.82 Å². The van der Waals surface area contributed by atoms with Gasteiger partial charge in [-0.25, -0.2) is 19.3 Å². The van der Waals surface area contributed by atoms with Crippen molar-refractivity contribution in [1.29, 1.82) is 0 Å². The van der Waals surface area contributed by atoms with Gasteiger partial charge in [0.15, 0.2) is 17.0 Å². The van der Waals surface area contributed by atoms with Gasteiger partial charge in [-0.05, 0) is 55.4 Å². The molecule has 2 aromatic carbocycles. The molecule has 8 nitrogen and oxygen atoms in total. The van der Waals surface area contributed by atoms with Crippen LogP contribution in [0.3, 0.4) is 0 Å². The molecule has 3 fully saturated rings. The Morgan fingerprint density at radius 2 is 1.95 bits per heavy atom. The molecule has 9 heteroatoms. The van der Waals surface area contributed by atoms with E-state index >= 15 is 0 Å². The van der Waals surface area contributed by atoms with Crippen LogP contribution in [-0.4, -0.2) is 53.8 Å². The van der Waals surface area contributed by atoms with Crippen molar-refractivity contribution in [1.82, 2.24) is 19.5 Å². The van der Waals surface area contributed by atoms with Crippen LogP contribution in [0, 0.1) is 29.0 Å². The van der Waals surface area contributed by atoms with Gasteiger partial charge in [0.05, 0.1) is 23.9 Å². The van der Waals surface area contributed by atoms with Crippen LogP contribution in [0.1, 0.15) is 48.7 Å². The normalized spacial score (nSPS) is 30.4. The summed E-state index contributed by atoms with van der Waals surface area (Å²) < 4.78 is 15.4. The molecule has 0 bridgehead atoms. The third-order valence-corrected chi connectivity index (χ3v) is 8.55. The largest absolute Gasteiger partial charge is 0.389 e. The SMILES string of the molecule is CC(=O)[C@@]12CC1[C@@H](n1cnc3c(N[C@@H]4CC4c4ccccc4)nc(C#Cc4cccc(F)c4)nc31)[C@H](O)C2O. The summed E-state index contributed by atoms with van der Waals surface area (Å²) in [4.78, 5) is 26.3. The van der Waals surface area contributed by atoms with Crippen LogP contribution in [0.25, 0.3) is 11.2 Å². The Morgan fingerprint density at radius 3 is 2.69 bits per heavy atom. The second-order valence-electron chi connectivity index (χ2n) is 10.8. The number of nitrogens with zero attached hydrogens (tertiary/aromatic N) is 4. The molecule has 3 aliphatic carbocycles. The highest BCUT2D eigenvalue weighted by Gasteiger charge is 2.74. The number of imidazole rings is 1. The predicted octanol–water partition coefficient (Wildman–Crippen LogP) is 3.21. The Balaban J connectivity index is 1.29. The Morgan fingerprint density at radius 1 is 1.13 bits per heavy atom. The van der Waals surface area contributed by atoms with Gasteiger partial charge in [0.1, 0.15) is 17.7 Å². The molecule has 3 N–H and O–H groups in total. The molecule has 7 atom stereocenters. The fourth-order valence-electron chi connectivity index (χ4n) is 6.36. The number of Topliss-reactive ketones (excluding diaryl/α,β-unsaturated/α-hetero) is 1. The maximum Gasteiger partial charge on any atom is 0.209 e. The molecular formula is C30H26FN5O3. The highest BCUT2D eigenvalue weighted by atomic mass is 19.1. The maximum absolute atomic E-state index is 13.7. The topological polar surface area (TPSA) is 113 Å². The number of rotatable bonds is 5. The van der Waals surface area contributed by atoms with E-state index in [4.69, 9.17) is 0 Å². The number of hydrogen-bond acceptors (Lipinski definition) is 7. The first-order valence-electron chi connectivity index (χ1n) is 13.1. The van der Waals surface area contributed by atoms with E-state index < -0.39 is 23.7 Å². The van der Waals surface area contributed by atoms with Crippen LogP contribution in [-0.2, 0) is 4.79 Å². The van der Waals surface area contributed by atoms with Gasteiger partial charge in [-0.15, -0.1) is 0 Å². The number of anilines is 1. The minimum Gasteiger partial charge on any atom is -0.389 e. The molecule has 0 saturated heterocycles. The molecule has 0 spiro atoms. The zero-order valence-corrected chi connectivity index (χ0v) is 21.1. The minimum atomic E-state index is -1.15. The van der Waals surface area contributed by atoms with E-state index in [9.17, 15) is 19.4 Å². The summed E-state index contributed by atoms with van der Waals surface area (Å²) >= 11 is 0. The van der Waals surface area contributed by atoms with Gasteiger partial charge in [0, 0.05) is 17.5 Å². The van der Waals surface area contributed by atoms with E-state index in [1.807, 2.05) is 18.2 Å². The third kappa shape index (κ3) is 3.82. The number of benzene rings is 2. The maximum atomic E-state index is 13.7. The van der Waals surface area contributed by atoms with Gasteiger partial charge < -0.3 is 20.1 Å². The summed E-state index contributed by atoms with van der Waals surface area (Å²) in [6.07, 6.45) is 0.757. The molecule has 0 amide bonds. The van der Waals surface area contributed by atoms with E-state index in [0.717, 1.165) is 6.42 Å². The molecule has 7 rings (SSSR count). The zero-order chi connectivity index (χ0) is 26.9. The van der Waals surface area contributed by atoms with Gasteiger partial charge in [-0.1, -0.05) is 42.3 Å². The van der Waals surface area contributed by atoms with Crippen LogP contribution >= 0.6 is 0 Å². The fraction of sp³-hybridized carbons (Fsp3) is 0.333. The van der Waals surface area contributed by atoms with E-state index in [1.165, 1.54) is 24.6 Å². The van der Waals surface area contributed by atoms with E-state index in [-0.39, 0.29) is 29.4 Å². The lowest BCUT2D eigenvalue weighted by molar-refractivity contribution is -0.128. The molecule has 3 saturated carbocycles.